The summed E-state index contributed by atoms with van der Waals surface area (Å²) in [6, 6.07) is 6.78. The minimum atomic E-state index is -1.85. The van der Waals surface area contributed by atoms with Gasteiger partial charge in [0, 0.05) is 11.6 Å². The molecule has 5 rings (SSSR count). The summed E-state index contributed by atoms with van der Waals surface area (Å²) in [5, 5.41) is 103. The molecule has 10 N–H and O–H groups in total. The van der Waals surface area contributed by atoms with Gasteiger partial charge in [0.1, 0.15) is 67.1 Å². The first kappa shape index (κ1) is 33.0. The SMILES string of the molecule is O=C(O)Cc1cn([C@@H]2OC[C@@H](O[C@@H]3O[C@H](CO)[C@@H](O)[C@H](O)[C@H]3O)[C@H](O)[C@H]2O[C@@H]2O[C@H](CO)[C@@H](O)[C@H](O)[C@H]2O)c2ccccc12. The third-order valence-corrected chi connectivity index (χ3v) is 8.17. The van der Waals surface area contributed by atoms with E-state index in [1.165, 1.54) is 10.8 Å². The number of aliphatic hydroxyl groups is 9. The summed E-state index contributed by atoms with van der Waals surface area (Å²) in [7, 11) is 0. The van der Waals surface area contributed by atoms with Gasteiger partial charge in [-0.3, -0.25) is 4.79 Å². The molecule has 2 aromatic rings. The number of para-hydroxylation sites is 1. The predicted molar refractivity (Wildman–Crippen MR) is 142 cm³/mol. The van der Waals surface area contributed by atoms with Crippen molar-refractivity contribution in [3.05, 3.63) is 36.0 Å². The van der Waals surface area contributed by atoms with Crippen molar-refractivity contribution in [2.24, 2.45) is 0 Å². The Morgan fingerprint density at radius 1 is 0.795 bits per heavy atom. The van der Waals surface area contributed by atoms with Gasteiger partial charge >= 0.3 is 5.97 Å². The Labute approximate surface area is 249 Å². The zero-order chi connectivity index (χ0) is 31.9. The highest BCUT2D eigenvalue weighted by atomic mass is 16.7. The molecule has 4 heterocycles. The largest absolute Gasteiger partial charge is 0.481 e. The molecular weight excluding hydrogens is 594 g/mol. The maximum Gasteiger partial charge on any atom is 0.307 e. The molecule has 0 amide bonds. The van der Waals surface area contributed by atoms with Gasteiger partial charge in [-0.25, -0.2) is 0 Å². The van der Waals surface area contributed by atoms with Gasteiger partial charge in [0.05, 0.1) is 31.8 Å². The van der Waals surface area contributed by atoms with E-state index >= 15 is 0 Å². The highest BCUT2D eigenvalue weighted by molar-refractivity contribution is 5.87. The van der Waals surface area contributed by atoms with Gasteiger partial charge in [0.25, 0.3) is 0 Å². The van der Waals surface area contributed by atoms with E-state index in [-0.39, 0.29) is 13.0 Å². The van der Waals surface area contributed by atoms with Crippen LogP contribution in [-0.4, -0.2) is 161 Å². The van der Waals surface area contributed by atoms with Gasteiger partial charge in [-0.15, -0.1) is 0 Å². The number of benzene rings is 1. The Bertz CT molecular complexity index is 1270. The van der Waals surface area contributed by atoms with E-state index in [4.69, 9.17) is 23.7 Å². The van der Waals surface area contributed by atoms with Gasteiger partial charge in [0.2, 0.25) is 0 Å². The number of carboxylic acid groups (broad SMARTS) is 1. The van der Waals surface area contributed by atoms with E-state index in [1.807, 2.05) is 0 Å². The Morgan fingerprint density at radius 2 is 1.36 bits per heavy atom. The minimum Gasteiger partial charge on any atom is -0.481 e. The molecule has 246 valence electrons. The van der Waals surface area contributed by atoms with E-state index in [9.17, 15) is 55.9 Å². The topological polar surface area (TPSA) is 270 Å². The maximum atomic E-state index is 11.6. The lowest BCUT2D eigenvalue weighted by atomic mass is 9.98. The molecule has 0 unspecified atom stereocenters. The Hall–Kier alpha value is -2.33. The number of hydrogen-bond donors (Lipinski definition) is 10. The van der Waals surface area contributed by atoms with Crippen LogP contribution in [0.3, 0.4) is 0 Å². The summed E-state index contributed by atoms with van der Waals surface area (Å²) >= 11 is 0. The average molecular weight is 632 g/mol. The first-order valence-electron chi connectivity index (χ1n) is 14.0. The maximum absolute atomic E-state index is 11.6. The lowest BCUT2D eigenvalue weighted by Gasteiger charge is -2.47. The van der Waals surface area contributed by atoms with Crippen LogP contribution in [0, 0.1) is 0 Å². The van der Waals surface area contributed by atoms with Crippen molar-refractivity contribution in [2.75, 3.05) is 19.8 Å². The summed E-state index contributed by atoms with van der Waals surface area (Å²) in [6.45, 7) is -1.85. The average Bonchev–Trinajstić information content (AvgIpc) is 3.36. The fourth-order valence-corrected chi connectivity index (χ4v) is 5.75. The lowest BCUT2D eigenvalue weighted by molar-refractivity contribution is -0.360. The molecule has 0 radical (unpaired) electrons. The monoisotopic (exact) mass is 631 g/mol. The van der Waals surface area contributed by atoms with Crippen molar-refractivity contribution in [3.63, 3.8) is 0 Å². The summed E-state index contributed by atoms with van der Waals surface area (Å²) in [5.74, 6) is -1.10. The van der Waals surface area contributed by atoms with E-state index in [0.29, 0.717) is 16.5 Å². The van der Waals surface area contributed by atoms with Gasteiger partial charge in [-0.2, -0.15) is 0 Å². The molecule has 1 aromatic heterocycles. The Balaban J connectivity index is 1.47. The molecular formula is C27H37NO16. The third kappa shape index (κ3) is 6.22. The van der Waals surface area contributed by atoms with Crippen LogP contribution in [0.25, 0.3) is 10.9 Å². The van der Waals surface area contributed by atoms with Crippen LogP contribution in [0.5, 0.6) is 0 Å². The van der Waals surface area contributed by atoms with Crippen molar-refractivity contribution in [2.45, 2.75) is 92.4 Å². The van der Waals surface area contributed by atoms with Gasteiger partial charge in [-0.05, 0) is 11.6 Å². The minimum absolute atomic E-state index is 0.343. The number of nitrogens with zero attached hydrogens (tertiary/aromatic N) is 1. The molecule has 17 nitrogen and oxygen atoms in total. The van der Waals surface area contributed by atoms with Crippen LogP contribution in [0.1, 0.15) is 11.8 Å². The summed E-state index contributed by atoms with van der Waals surface area (Å²) < 4.78 is 30.1. The molecule has 3 saturated heterocycles. The number of hydrogen-bond acceptors (Lipinski definition) is 15. The summed E-state index contributed by atoms with van der Waals surface area (Å²) in [4.78, 5) is 11.6. The molecule has 17 heteroatoms. The van der Waals surface area contributed by atoms with Crippen LogP contribution in [0.15, 0.2) is 30.5 Å². The second-order valence-corrected chi connectivity index (χ2v) is 11.0. The third-order valence-electron chi connectivity index (χ3n) is 8.17. The molecule has 1 aromatic carbocycles. The first-order valence-corrected chi connectivity index (χ1v) is 14.0. The standard InChI is InChI=1S/C27H37NO16/c29-7-13-17(33)20(36)22(38)26(41-13)43-15-9-40-25(28-6-10(5-16(31)32)11-3-1-2-4-12(11)28)24(19(15)35)44-27-23(39)21(37)18(34)14(8-30)42-27/h1-4,6,13-15,17-27,29-30,33-39H,5,7-9H2,(H,31,32)/t13-,14-,15-,17-,18-,19+,20+,21+,22-,23-,24-,25-,26+,27+/m1/s1. The second kappa shape index (κ2) is 13.6. The Kier molecular flexibility index (Phi) is 10.2. The van der Waals surface area contributed by atoms with Crippen LogP contribution >= 0.6 is 0 Å². The molecule has 14 atom stereocenters. The number of aliphatic carboxylic acids is 1. The normalized spacial score (nSPS) is 41.6. The number of carboxylic acids is 1. The van der Waals surface area contributed by atoms with Gasteiger partial charge in [-0.1, -0.05) is 18.2 Å². The highest BCUT2D eigenvalue weighted by Crippen LogP contribution is 2.37. The zero-order valence-electron chi connectivity index (χ0n) is 23.2. The molecule has 3 aliphatic rings. The van der Waals surface area contributed by atoms with Crippen molar-refractivity contribution < 1.29 is 79.5 Å². The number of aliphatic hydroxyl groups excluding tert-OH is 9. The van der Waals surface area contributed by atoms with Crippen LogP contribution < -0.4 is 0 Å². The van der Waals surface area contributed by atoms with Crippen molar-refractivity contribution in [1.29, 1.82) is 0 Å². The second-order valence-electron chi connectivity index (χ2n) is 11.0. The van der Waals surface area contributed by atoms with Crippen molar-refractivity contribution in [1.82, 2.24) is 4.57 Å². The van der Waals surface area contributed by atoms with Crippen LogP contribution in [0.2, 0.25) is 0 Å². The number of aromatic nitrogens is 1. The van der Waals surface area contributed by atoms with Crippen molar-refractivity contribution >= 4 is 16.9 Å². The van der Waals surface area contributed by atoms with E-state index < -0.39 is 105 Å². The summed E-state index contributed by atoms with van der Waals surface area (Å²) in [5.41, 5.74) is 0.911. The van der Waals surface area contributed by atoms with Gasteiger partial charge < -0.3 is 79.3 Å². The van der Waals surface area contributed by atoms with E-state index in [2.05, 4.69) is 0 Å². The molecule has 3 aliphatic heterocycles. The first-order chi connectivity index (χ1) is 21.0. The molecule has 0 aliphatic carbocycles. The van der Waals surface area contributed by atoms with Crippen molar-refractivity contribution in [3.8, 4) is 0 Å². The predicted octanol–water partition coefficient (Wildman–Crippen LogP) is -4.47. The summed E-state index contributed by atoms with van der Waals surface area (Å²) in [6.07, 6.45) is -21.2. The highest BCUT2D eigenvalue weighted by Gasteiger charge is 2.51. The molecule has 3 fully saturated rings. The molecule has 0 spiro atoms. The fraction of sp³-hybridized carbons (Fsp3) is 0.667. The van der Waals surface area contributed by atoms with E-state index in [1.54, 1.807) is 24.3 Å². The van der Waals surface area contributed by atoms with E-state index in [0.717, 1.165) is 0 Å². The smallest absolute Gasteiger partial charge is 0.307 e. The van der Waals surface area contributed by atoms with Crippen LogP contribution in [0.4, 0.5) is 0 Å². The quantitative estimate of drug-likeness (QED) is 0.125. The molecule has 0 saturated carbocycles. The molecule has 0 bridgehead atoms. The van der Waals surface area contributed by atoms with Gasteiger partial charge in [0.15, 0.2) is 18.8 Å². The Morgan fingerprint density at radius 3 is 1.93 bits per heavy atom. The fourth-order valence-electron chi connectivity index (χ4n) is 5.75. The van der Waals surface area contributed by atoms with Crippen LogP contribution in [-0.2, 0) is 34.9 Å². The number of carbonyl (C=O) groups is 1. The lowest BCUT2D eigenvalue weighted by Crippen LogP contribution is -2.63. The number of ether oxygens (including phenoxy) is 5. The number of rotatable bonds is 9. The zero-order valence-corrected chi connectivity index (χ0v) is 23.2. The number of fused-ring (bicyclic) bond motifs is 1. The molecule has 44 heavy (non-hydrogen) atoms.